The number of carbonyl (C=O) groups excluding carboxylic acids is 1. The van der Waals surface area contributed by atoms with E-state index in [9.17, 15) is 14.9 Å². The number of aromatic amines is 1. The number of methoxy groups -OCH3 is 1. The van der Waals surface area contributed by atoms with Crippen molar-refractivity contribution >= 4 is 34.2 Å². The zero-order chi connectivity index (χ0) is 18.7. The second kappa shape index (κ2) is 7.09. The Balaban J connectivity index is 2.04. The van der Waals surface area contributed by atoms with Crippen LogP contribution in [0.2, 0.25) is 0 Å². The van der Waals surface area contributed by atoms with E-state index in [1.807, 2.05) is 0 Å². The molecule has 134 valence electrons. The van der Waals surface area contributed by atoms with Crippen molar-refractivity contribution in [2.45, 2.75) is 6.92 Å². The summed E-state index contributed by atoms with van der Waals surface area (Å²) < 4.78 is 10.4. The van der Waals surface area contributed by atoms with Crippen molar-refractivity contribution in [3.05, 3.63) is 52.2 Å². The van der Waals surface area contributed by atoms with Gasteiger partial charge in [0.1, 0.15) is 29.1 Å². The van der Waals surface area contributed by atoms with Crippen LogP contribution in [-0.4, -0.2) is 34.6 Å². The standard InChI is InChI=1S/C17H16N4O5/c1-3-26-17(22)15-12-8-11(25-2)5-6-13(12)19-16(15)20-14-7-4-10(9-18-14)21(23)24/h4-9,19H,3H2,1-2H3,(H,18,20). The summed E-state index contributed by atoms with van der Waals surface area (Å²) in [5, 5.41) is 14.3. The highest BCUT2D eigenvalue weighted by atomic mass is 16.6. The fourth-order valence-electron chi connectivity index (χ4n) is 2.50. The van der Waals surface area contributed by atoms with Gasteiger partial charge < -0.3 is 19.8 Å². The van der Waals surface area contributed by atoms with Crippen LogP contribution < -0.4 is 10.1 Å². The first-order chi connectivity index (χ1) is 12.5. The van der Waals surface area contributed by atoms with E-state index in [1.54, 1.807) is 25.1 Å². The van der Waals surface area contributed by atoms with Gasteiger partial charge >= 0.3 is 5.97 Å². The van der Waals surface area contributed by atoms with Gasteiger partial charge in [0.2, 0.25) is 0 Å². The maximum absolute atomic E-state index is 12.4. The van der Waals surface area contributed by atoms with Crippen LogP contribution in [0.3, 0.4) is 0 Å². The van der Waals surface area contributed by atoms with Crippen LogP contribution in [0, 0.1) is 10.1 Å². The lowest BCUT2D eigenvalue weighted by Gasteiger charge is -2.07. The molecule has 2 N–H and O–H groups in total. The largest absolute Gasteiger partial charge is 0.497 e. The smallest absolute Gasteiger partial charge is 0.342 e. The Bertz CT molecular complexity index is 965. The summed E-state index contributed by atoms with van der Waals surface area (Å²) in [6.45, 7) is 1.95. The maximum atomic E-state index is 12.4. The first kappa shape index (κ1) is 17.2. The number of hydrogen-bond donors (Lipinski definition) is 2. The number of nitrogens with zero attached hydrogens (tertiary/aromatic N) is 2. The van der Waals surface area contributed by atoms with E-state index in [0.717, 1.165) is 6.20 Å². The summed E-state index contributed by atoms with van der Waals surface area (Å²) in [6, 6.07) is 8.06. The number of nitro groups is 1. The molecule has 9 nitrogen and oxygen atoms in total. The molecule has 0 saturated carbocycles. The molecule has 0 saturated heterocycles. The fraction of sp³-hybridized carbons (Fsp3) is 0.176. The first-order valence-corrected chi connectivity index (χ1v) is 7.77. The lowest BCUT2D eigenvalue weighted by atomic mass is 10.1. The molecular formula is C17H16N4O5. The molecule has 9 heteroatoms. The van der Waals surface area contributed by atoms with Crippen molar-refractivity contribution in [1.82, 2.24) is 9.97 Å². The van der Waals surface area contributed by atoms with Crippen LogP contribution in [0.5, 0.6) is 5.75 Å². The van der Waals surface area contributed by atoms with Crippen molar-refractivity contribution in [3.8, 4) is 5.75 Å². The quantitative estimate of drug-likeness (QED) is 0.394. The zero-order valence-electron chi connectivity index (χ0n) is 14.1. The molecule has 0 aliphatic rings. The number of benzene rings is 1. The van der Waals surface area contributed by atoms with Crippen molar-refractivity contribution in [3.63, 3.8) is 0 Å². The minimum absolute atomic E-state index is 0.123. The molecule has 3 rings (SSSR count). The van der Waals surface area contributed by atoms with Crippen LogP contribution >= 0.6 is 0 Å². The number of nitrogens with one attached hydrogen (secondary N) is 2. The fourth-order valence-corrected chi connectivity index (χ4v) is 2.50. The molecule has 0 unspecified atom stereocenters. The van der Waals surface area contributed by atoms with Gasteiger partial charge in [0, 0.05) is 17.0 Å². The van der Waals surface area contributed by atoms with E-state index in [0.29, 0.717) is 33.9 Å². The van der Waals surface area contributed by atoms with Crippen LogP contribution in [0.15, 0.2) is 36.5 Å². The number of ether oxygens (including phenoxy) is 2. The SMILES string of the molecule is CCOC(=O)c1c(Nc2ccc([N+](=O)[O-])cn2)[nH]c2ccc(OC)cc12. The van der Waals surface area contributed by atoms with Gasteiger partial charge in [-0.25, -0.2) is 9.78 Å². The summed E-state index contributed by atoms with van der Waals surface area (Å²) >= 11 is 0. The predicted octanol–water partition coefficient (Wildman–Crippen LogP) is 3.40. The third kappa shape index (κ3) is 3.27. The van der Waals surface area contributed by atoms with Crippen LogP contribution in [0.4, 0.5) is 17.3 Å². The second-order valence-corrected chi connectivity index (χ2v) is 5.29. The Morgan fingerprint density at radius 1 is 1.35 bits per heavy atom. The molecule has 3 aromatic rings. The summed E-state index contributed by atoms with van der Waals surface area (Å²) in [4.78, 5) is 29.7. The Kier molecular flexibility index (Phi) is 4.70. The molecule has 0 radical (unpaired) electrons. The van der Waals surface area contributed by atoms with Crippen LogP contribution in [0.1, 0.15) is 17.3 Å². The molecule has 2 heterocycles. The summed E-state index contributed by atoms with van der Waals surface area (Å²) in [6.07, 6.45) is 1.14. The number of rotatable bonds is 6. The van der Waals surface area contributed by atoms with Gasteiger partial charge in [-0.3, -0.25) is 10.1 Å². The van der Waals surface area contributed by atoms with Crippen LogP contribution in [-0.2, 0) is 4.74 Å². The molecule has 0 aliphatic heterocycles. The Morgan fingerprint density at radius 2 is 2.15 bits per heavy atom. The molecule has 0 atom stereocenters. The third-order valence-corrected chi connectivity index (χ3v) is 3.70. The van der Waals surface area contributed by atoms with E-state index in [-0.39, 0.29) is 12.3 Å². The highest BCUT2D eigenvalue weighted by Gasteiger charge is 2.21. The van der Waals surface area contributed by atoms with E-state index in [4.69, 9.17) is 9.47 Å². The topological polar surface area (TPSA) is 119 Å². The highest BCUT2D eigenvalue weighted by Crippen LogP contribution is 2.31. The highest BCUT2D eigenvalue weighted by molar-refractivity contribution is 6.10. The minimum Gasteiger partial charge on any atom is -0.497 e. The summed E-state index contributed by atoms with van der Waals surface area (Å²) in [7, 11) is 1.54. The van der Waals surface area contributed by atoms with Gasteiger partial charge in [0.25, 0.3) is 5.69 Å². The second-order valence-electron chi connectivity index (χ2n) is 5.29. The number of fused-ring (bicyclic) bond motifs is 1. The van der Waals surface area contributed by atoms with E-state index in [1.165, 1.54) is 19.2 Å². The summed E-state index contributed by atoms with van der Waals surface area (Å²) in [5.41, 5.74) is 0.890. The van der Waals surface area contributed by atoms with E-state index >= 15 is 0 Å². The molecule has 0 bridgehead atoms. The van der Waals surface area contributed by atoms with Gasteiger partial charge in [0.15, 0.2) is 0 Å². The van der Waals surface area contributed by atoms with Crippen molar-refractivity contribution < 1.29 is 19.2 Å². The van der Waals surface area contributed by atoms with Gasteiger partial charge in [0.05, 0.1) is 18.6 Å². The van der Waals surface area contributed by atoms with E-state index in [2.05, 4.69) is 15.3 Å². The van der Waals surface area contributed by atoms with Gasteiger partial charge in [-0.2, -0.15) is 0 Å². The van der Waals surface area contributed by atoms with E-state index < -0.39 is 10.9 Å². The Hall–Kier alpha value is -3.62. The number of aromatic nitrogens is 2. The first-order valence-electron chi connectivity index (χ1n) is 7.77. The zero-order valence-corrected chi connectivity index (χ0v) is 14.1. The molecule has 0 aliphatic carbocycles. The molecule has 0 amide bonds. The van der Waals surface area contributed by atoms with Gasteiger partial charge in [-0.1, -0.05) is 0 Å². The molecule has 26 heavy (non-hydrogen) atoms. The van der Waals surface area contributed by atoms with Crippen LogP contribution in [0.25, 0.3) is 10.9 Å². The van der Waals surface area contributed by atoms with Gasteiger partial charge in [-0.05, 0) is 31.2 Å². The lowest BCUT2D eigenvalue weighted by molar-refractivity contribution is -0.385. The number of anilines is 2. The molecule has 0 spiro atoms. The van der Waals surface area contributed by atoms with Gasteiger partial charge in [-0.15, -0.1) is 0 Å². The lowest BCUT2D eigenvalue weighted by Crippen LogP contribution is -2.07. The Labute approximate surface area is 148 Å². The number of pyridine rings is 1. The Morgan fingerprint density at radius 3 is 2.77 bits per heavy atom. The monoisotopic (exact) mass is 356 g/mol. The molecule has 0 fully saturated rings. The summed E-state index contributed by atoms with van der Waals surface area (Å²) in [5.74, 6) is 0.825. The van der Waals surface area contributed by atoms with Crippen molar-refractivity contribution in [2.75, 3.05) is 19.0 Å². The minimum atomic E-state index is -0.532. The average Bonchev–Trinajstić information content (AvgIpc) is 2.99. The maximum Gasteiger partial charge on any atom is 0.342 e. The molecule has 1 aromatic carbocycles. The molecule has 2 aromatic heterocycles. The number of H-pyrrole nitrogens is 1. The number of esters is 1. The predicted molar refractivity (Wildman–Crippen MR) is 95.0 cm³/mol. The van der Waals surface area contributed by atoms with Crippen molar-refractivity contribution in [2.24, 2.45) is 0 Å². The third-order valence-electron chi connectivity index (χ3n) is 3.70. The average molecular weight is 356 g/mol. The number of hydrogen-bond acceptors (Lipinski definition) is 7. The normalized spacial score (nSPS) is 10.5. The number of carbonyl (C=O) groups is 1. The van der Waals surface area contributed by atoms with Crippen molar-refractivity contribution in [1.29, 1.82) is 0 Å². The molecular weight excluding hydrogens is 340 g/mol.